The lowest BCUT2D eigenvalue weighted by Gasteiger charge is -2.14. The Morgan fingerprint density at radius 3 is 2.78 bits per heavy atom. The van der Waals surface area contributed by atoms with Gasteiger partial charge in [0.25, 0.3) is 0 Å². The van der Waals surface area contributed by atoms with Crippen LogP contribution in [0.4, 0.5) is 18.9 Å². The van der Waals surface area contributed by atoms with Crippen LogP contribution in [0, 0.1) is 0 Å². The summed E-state index contributed by atoms with van der Waals surface area (Å²) in [6.07, 6.45) is 0.852. The summed E-state index contributed by atoms with van der Waals surface area (Å²) in [5.41, 5.74) is 1.35. The average Bonchev–Trinajstić information content (AvgIpc) is 3.36. The third-order valence-corrected chi connectivity index (χ3v) is 7.36. The number of hydrogen-bond donors (Lipinski definition) is 1. The molecule has 0 unspecified atom stereocenters. The number of fused-ring (bicyclic) bond motifs is 1. The number of carbonyl (C=O) groups is 1. The van der Waals surface area contributed by atoms with Crippen molar-refractivity contribution in [2.75, 3.05) is 11.1 Å². The van der Waals surface area contributed by atoms with Gasteiger partial charge >= 0.3 is 6.18 Å². The van der Waals surface area contributed by atoms with E-state index in [0.717, 1.165) is 36.7 Å². The first-order chi connectivity index (χ1) is 15.4. The van der Waals surface area contributed by atoms with Gasteiger partial charge in [0.15, 0.2) is 11.0 Å². The Morgan fingerprint density at radius 1 is 1.22 bits per heavy atom. The van der Waals surface area contributed by atoms with E-state index in [9.17, 15) is 18.0 Å². The third-order valence-electron chi connectivity index (χ3n) is 5.31. The number of carbonyl (C=O) groups excluding carboxylic acids is 1. The quantitative estimate of drug-likeness (QED) is 0.419. The smallest absolute Gasteiger partial charge is 0.325 e. The van der Waals surface area contributed by atoms with Crippen LogP contribution in [-0.2, 0) is 30.4 Å². The van der Waals surface area contributed by atoms with Crippen LogP contribution in [0.1, 0.15) is 42.2 Å². The van der Waals surface area contributed by atoms with E-state index >= 15 is 0 Å². The zero-order valence-electron chi connectivity index (χ0n) is 17.5. The number of nitrogens with zero attached hydrogens (tertiary/aromatic N) is 3. The van der Waals surface area contributed by atoms with Crippen molar-refractivity contribution in [1.29, 1.82) is 0 Å². The summed E-state index contributed by atoms with van der Waals surface area (Å²) in [6.45, 7) is 2.76. The zero-order chi connectivity index (χ0) is 22.7. The van der Waals surface area contributed by atoms with Crippen molar-refractivity contribution >= 4 is 34.7 Å². The van der Waals surface area contributed by atoms with Crippen molar-refractivity contribution in [3.8, 4) is 11.4 Å². The van der Waals surface area contributed by atoms with Gasteiger partial charge in [0.2, 0.25) is 5.91 Å². The molecule has 0 fully saturated rings. The lowest BCUT2D eigenvalue weighted by atomic mass is 9.95. The van der Waals surface area contributed by atoms with Gasteiger partial charge in [-0.1, -0.05) is 30.8 Å². The van der Waals surface area contributed by atoms with Crippen LogP contribution in [0.3, 0.4) is 0 Å². The Balaban J connectivity index is 1.50. The minimum atomic E-state index is -4.53. The van der Waals surface area contributed by atoms with Gasteiger partial charge in [-0.2, -0.15) is 13.2 Å². The number of benzene rings is 1. The number of halogens is 3. The maximum Gasteiger partial charge on any atom is 0.418 e. The van der Waals surface area contributed by atoms with E-state index in [1.807, 2.05) is 4.57 Å². The molecule has 0 radical (unpaired) electrons. The monoisotopic (exact) mass is 480 g/mol. The second kappa shape index (κ2) is 9.66. The fourth-order valence-electron chi connectivity index (χ4n) is 3.86. The number of amides is 1. The van der Waals surface area contributed by atoms with Gasteiger partial charge in [-0.15, -0.1) is 21.5 Å². The minimum Gasteiger partial charge on any atom is -0.325 e. The first-order valence-electron chi connectivity index (χ1n) is 10.5. The van der Waals surface area contributed by atoms with Gasteiger partial charge in [0.05, 0.1) is 17.0 Å². The molecule has 2 heterocycles. The van der Waals surface area contributed by atoms with Gasteiger partial charge in [0, 0.05) is 22.4 Å². The van der Waals surface area contributed by atoms with Crippen molar-refractivity contribution < 1.29 is 18.0 Å². The molecule has 10 heteroatoms. The van der Waals surface area contributed by atoms with E-state index in [2.05, 4.69) is 27.8 Å². The molecule has 0 aliphatic heterocycles. The lowest BCUT2D eigenvalue weighted by molar-refractivity contribution is -0.137. The van der Waals surface area contributed by atoms with Gasteiger partial charge in [-0.05, 0) is 49.8 Å². The summed E-state index contributed by atoms with van der Waals surface area (Å²) in [7, 11) is 0. The van der Waals surface area contributed by atoms with Crippen LogP contribution < -0.4 is 5.32 Å². The predicted octanol–water partition coefficient (Wildman–Crippen LogP) is 6.05. The Labute approximate surface area is 192 Å². The molecular weight excluding hydrogens is 457 g/mol. The molecule has 1 N–H and O–H groups in total. The molecule has 1 aliphatic rings. The molecule has 0 atom stereocenters. The lowest BCUT2D eigenvalue weighted by Crippen LogP contribution is -2.18. The number of nitrogens with one attached hydrogen (secondary N) is 1. The van der Waals surface area contributed by atoms with Crippen LogP contribution in [0.25, 0.3) is 11.4 Å². The second-order valence-corrected chi connectivity index (χ2v) is 9.50. The number of aryl methyl sites for hydroxylation is 1. The summed E-state index contributed by atoms with van der Waals surface area (Å²) in [6, 6.07) is 4.96. The largest absolute Gasteiger partial charge is 0.418 e. The third kappa shape index (κ3) is 4.85. The molecular formula is C22H23F3N4OS2. The van der Waals surface area contributed by atoms with Crippen molar-refractivity contribution in [2.24, 2.45) is 0 Å². The summed E-state index contributed by atoms with van der Waals surface area (Å²) < 4.78 is 41.5. The molecule has 170 valence electrons. The van der Waals surface area contributed by atoms with E-state index in [1.165, 1.54) is 53.2 Å². The van der Waals surface area contributed by atoms with Crippen LogP contribution in [0.15, 0.2) is 34.8 Å². The summed E-state index contributed by atoms with van der Waals surface area (Å²) in [5.74, 6) is 0.222. The number of thioether (sulfide) groups is 1. The number of alkyl halides is 3. The fourth-order valence-corrected chi connectivity index (χ4v) is 5.75. The highest BCUT2D eigenvalue weighted by atomic mass is 32.2. The molecule has 0 bridgehead atoms. The molecule has 1 amide bonds. The second-order valence-electron chi connectivity index (χ2n) is 7.60. The predicted molar refractivity (Wildman–Crippen MR) is 121 cm³/mol. The van der Waals surface area contributed by atoms with Crippen LogP contribution in [-0.4, -0.2) is 26.4 Å². The fraction of sp³-hybridized carbons (Fsp3) is 0.409. The van der Waals surface area contributed by atoms with Crippen LogP contribution >= 0.6 is 23.1 Å². The molecule has 2 aromatic heterocycles. The van der Waals surface area contributed by atoms with E-state index in [0.29, 0.717) is 11.7 Å². The molecule has 1 aliphatic carbocycles. The van der Waals surface area contributed by atoms with E-state index in [4.69, 9.17) is 0 Å². The van der Waals surface area contributed by atoms with Crippen molar-refractivity contribution in [3.63, 3.8) is 0 Å². The first kappa shape index (κ1) is 22.8. The number of thiophene rings is 1. The van der Waals surface area contributed by atoms with Crippen LogP contribution in [0.5, 0.6) is 0 Å². The Kier molecular flexibility index (Phi) is 6.90. The van der Waals surface area contributed by atoms with Crippen LogP contribution in [0.2, 0.25) is 0 Å². The maximum absolute atomic E-state index is 13.2. The number of hydrogen-bond acceptors (Lipinski definition) is 5. The molecule has 0 saturated heterocycles. The van der Waals surface area contributed by atoms with Gasteiger partial charge in [-0.3, -0.25) is 4.79 Å². The highest BCUT2D eigenvalue weighted by Crippen LogP contribution is 2.37. The van der Waals surface area contributed by atoms with Crippen molar-refractivity contribution in [2.45, 2.75) is 56.9 Å². The van der Waals surface area contributed by atoms with E-state index < -0.39 is 17.6 Å². The summed E-state index contributed by atoms with van der Waals surface area (Å²) >= 11 is 2.94. The van der Waals surface area contributed by atoms with Gasteiger partial charge in [-0.25, -0.2) is 0 Å². The molecule has 1 aromatic carbocycles. The Hall–Kier alpha value is -2.33. The molecule has 0 spiro atoms. The SMILES string of the molecule is CCCn1c(SCC(=O)Nc2ccccc2C(F)(F)F)nnc1-c1csc2c1CCCC2. The average molecular weight is 481 g/mol. The topological polar surface area (TPSA) is 59.8 Å². The van der Waals surface area contributed by atoms with Gasteiger partial charge in [0.1, 0.15) is 0 Å². The zero-order valence-corrected chi connectivity index (χ0v) is 19.2. The maximum atomic E-state index is 13.2. The Bertz CT molecular complexity index is 1110. The molecule has 0 saturated carbocycles. The highest BCUT2D eigenvalue weighted by molar-refractivity contribution is 7.99. The standard InChI is InChI=1S/C22H23F3N4OS2/c1-2-11-29-20(15-12-31-18-10-6-3-7-14(15)18)27-28-21(29)32-13-19(30)26-17-9-5-4-8-16(17)22(23,24)25/h4-5,8-9,12H,2-3,6-7,10-11,13H2,1H3,(H,26,30). The number of aromatic nitrogens is 3. The minimum absolute atomic E-state index is 0.0597. The Morgan fingerprint density at radius 2 is 2.00 bits per heavy atom. The first-order valence-corrected chi connectivity index (χ1v) is 12.4. The van der Waals surface area contributed by atoms with E-state index in [1.54, 1.807) is 11.3 Å². The normalized spacial score (nSPS) is 13.8. The molecule has 5 nitrogen and oxygen atoms in total. The molecule has 3 aromatic rings. The van der Waals surface area contributed by atoms with Crippen molar-refractivity contribution in [1.82, 2.24) is 14.8 Å². The van der Waals surface area contributed by atoms with Gasteiger partial charge < -0.3 is 9.88 Å². The number of para-hydroxylation sites is 1. The number of rotatable bonds is 7. The van der Waals surface area contributed by atoms with E-state index in [-0.39, 0.29) is 11.4 Å². The summed E-state index contributed by atoms with van der Waals surface area (Å²) in [4.78, 5) is 13.8. The molecule has 32 heavy (non-hydrogen) atoms. The summed E-state index contributed by atoms with van der Waals surface area (Å²) in [5, 5.41) is 13.8. The van der Waals surface area contributed by atoms with Crippen molar-refractivity contribution in [3.05, 3.63) is 45.6 Å². The number of anilines is 1. The highest BCUT2D eigenvalue weighted by Gasteiger charge is 2.33. The molecule has 4 rings (SSSR count).